The molecule has 0 aromatic carbocycles. The summed E-state index contributed by atoms with van der Waals surface area (Å²) in [6.45, 7) is 1.23. The summed E-state index contributed by atoms with van der Waals surface area (Å²) in [6, 6.07) is 0. The van der Waals surface area contributed by atoms with Gasteiger partial charge in [0.05, 0.1) is 7.11 Å². The lowest BCUT2D eigenvalue weighted by Gasteiger charge is -1.93. The second-order valence-corrected chi connectivity index (χ2v) is 1.98. The molecule has 0 radical (unpaired) electrons. The molecule has 0 fully saturated rings. The first-order valence-electron chi connectivity index (χ1n) is 3.03. The number of carboxylic acids is 1. The van der Waals surface area contributed by atoms with Crippen LogP contribution in [-0.4, -0.2) is 29.9 Å². The standard InChI is InChI=1S/C7H8O5/c1-4(3-5(8)12-2)6(9)7(10)11/h3H,1-2H3,(H,10,11)/b4-3+. The molecule has 0 aliphatic heterocycles. The second-order valence-electron chi connectivity index (χ2n) is 1.98. The predicted octanol–water partition coefficient (Wildman–Crippen LogP) is -0.241. The maximum Gasteiger partial charge on any atom is 0.376 e. The quantitative estimate of drug-likeness (QED) is 0.361. The van der Waals surface area contributed by atoms with E-state index in [0.29, 0.717) is 0 Å². The van der Waals surface area contributed by atoms with Crippen LogP contribution in [0.2, 0.25) is 0 Å². The number of ether oxygens (including phenoxy) is 1. The van der Waals surface area contributed by atoms with Crippen LogP contribution in [0.25, 0.3) is 0 Å². The van der Waals surface area contributed by atoms with E-state index in [2.05, 4.69) is 4.74 Å². The number of hydrogen-bond acceptors (Lipinski definition) is 4. The molecular formula is C7H8O5. The maximum atomic E-state index is 10.6. The first-order chi connectivity index (χ1) is 5.49. The van der Waals surface area contributed by atoms with Crippen molar-refractivity contribution in [3.63, 3.8) is 0 Å². The van der Waals surface area contributed by atoms with Gasteiger partial charge in [-0.3, -0.25) is 4.79 Å². The Morgan fingerprint density at radius 3 is 2.17 bits per heavy atom. The van der Waals surface area contributed by atoms with Crippen LogP contribution in [0.4, 0.5) is 0 Å². The van der Waals surface area contributed by atoms with Crippen LogP contribution in [-0.2, 0) is 19.1 Å². The molecule has 0 aromatic heterocycles. The Morgan fingerprint density at radius 2 is 1.83 bits per heavy atom. The van der Waals surface area contributed by atoms with E-state index in [9.17, 15) is 14.4 Å². The fourth-order valence-corrected chi connectivity index (χ4v) is 0.470. The van der Waals surface area contributed by atoms with E-state index in [1.165, 1.54) is 6.92 Å². The van der Waals surface area contributed by atoms with Crippen molar-refractivity contribution in [1.29, 1.82) is 0 Å². The molecule has 0 rings (SSSR count). The Kier molecular flexibility index (Phi) is 3.69. The number of carbonyl (C=O) groups is 3. The van der Waals surface area contributed by atoms with E-state index in [4.69, 9.17) is 5.11 Å². The number of aliphatic carboxylic acids is 1. The molecule has 0 heterocycles. The van der Waals surface area contributed by atoms with Crippen molar-refractivity contribution in [1.82, 2.24) is 0 Å². The highest BCUT2D eigenvalue weighted by atomic mass is 16.5. The van der Waals surface area contributed by atoms with Gasteiger partial charge in [-0.1, -0.05) is 0 Å². The van der Waals surface area contributed by atoms with Crippen LogP contribution in [0.15, 0.2) is 11.6 Å². The van der Waals surface area contributed by atoms with E-state index >= 15 is 0 Å². The normalized spacial score (nSPS) is 10.7. The van der Waals surface area contributed by atoms with Gasteiger partial charge in [0.2, 0.25) is 0 Å². The zero-order valence-corrected chi connectivity index (χ0v) is 6.66. The van der Waals surface area contributed by atoms with Crippen LogP contribution in [0, 0.1) is 0 Å². The van der Waals surface area contributed by atoms with E-state index < -0.39 is 17.7 Å². The average molecular weight is 172 g/mol. The van der Waals surface area contributed by atoms with Crippen molar-refractivity contribution in [3.05, 3.63) is 11.6 Å². The zero-order valence-electron chi connectivity index (χ0n) is 6.66. The Morgan fingerprint density at radius 1 is 1.33 bits per heavy atom. The van der Waals surface area contributed by atoms with Gasteiger partial charge in [-0.2, -0.15) is 0 Å². The van der Waals surface area contributed by atoms with Crippen molar-refractivity contribution in [3.8, 4) is 0 Å². The summed E-state index contributed by atoms with van der Waals surface area (Å²) < 4.78 is 4.19. The van der Waals surface area contributed by atoms with E-state index in [-0.39, 0.29) is 5.57 Å². The van der Waals surface area contributed by atoms with Crippen molar-refractivity contribution < 1.29 is 24.2 Å². The van der Waals surface area contributed by atoms with Crippen LogP contribution in [0.3, 0.4) is 0 Å². The fraction of sp³-hybridized carbons (Fsp3) is 0.286. The molecule has 5 nitrogen and oxygen atoms in total. The minimum atomic E-state index is -1.59. The minimum Gasteiger partial charge on any atom is -0.475 e. The molecule has 12 heavy (non-hydrogen) atoms. The Labute approximate surface area is 68.6 Å². The van der Waals surface area contributed by atoms with E-state index in [1.54, 1.807) is 0 Å². The third-order valence-electron chi connectivity index (χ3n) is 1.09. The van der Waals surface area contributed by atoms with Gasteiger partial charge in [-0.25, -0.2) is 9.59 Å². The van der Waals surface area contributed by atoms with Gasteiger partial charge in [0, 0.05) is 11.6 Å². The molecule has 1 N–H and O–H groups in total. The summed E-state index contributed by atoms with van der Waals surface area (Å²) in [4.78, 5) is 31.2. The van der Waals surface area contributed by atoms with Gasteiger partial charge >= 0.3 is 11.9 Å². The first-order valence-corrected chi connectivity index (χ1v) is 3.03. The topological polar surface area (TPSA) is 80.7 Å². The molecule has 0 bridgehead atoms. The maximum absolute atomic E-state index is 10.6. The Bertz CT molecular complexity index is 251. The molecule has 66 valence electrons. The number of esters is 1. The second kappa shape index (κ2) is 4.27. The highest BCUT2D eigenvalue weighted by Gasteiger charge is 2.14. The smallest absolute Gasteiger partial charge is 0.376 e. The molecule has 0 aliphatic carbocycles. The molecule has 0 amide bonds. The lowest BCUT2D eigenvalue weighted by atomic mass is 10.2. The highest BCUT2D eigenvalue weighted by Crippen LogP contribution is 1.95. The number of rotatable bonds is 3. The SMILES string of the molecule is COC(=O)/C=C(\C)C(=O)C(=O)O. The summed E-state index contributed by atoms with van der Waals surface area (Å²) >= 11 is 0. The largest absolute Gasteiger partial charge is 0.475 e. The number of carboxylic acid groups (broad SMARTS) is 1. The molecule has 0 aromatic rings. The summed E-state index contributed by atoms with van der Waals surface area (Å²) in [5, 5.41) is 8.20. The lowest BCUT2D eigenvalue weighted by Crippen LogP contribution is -2.14. The first kappa shape index (κ1) is 10.3. The van der Waals surface area contributed by atoms with Crippen molar-refractivity contribution in [2.45, 2.75) is 6.92 Å². The van der Waals surface area contributed by atoms with Crippen molar-refractivity contribution >= 4 is 17.7 Å². The highest BCUT2D eigenvalue weighted by molar-refractivity contribution is 6.40. The van der Waals surface area contributed by atoms with Crippen molar-refractivity contribution in [2.24, 2.45) is 0 Å². The lowest BCUT2D eigenvalue weighted by molar-refractivity contribution is -0.147. The molecule has 0 unspecified atom stereocenters. The third-order valence-corrected chi connectivity index (χ3v) is 1.09. The van der Waals surface area contributed by atoms with E-state index in [1.807, 2.05) is 0 Å². The molecule has 0 saturated heterocycles. The van der Waals surface area contributed by atoms with Crippen LogP contribution < -0.4 is 0 Å². The summed E-state index contributed by atoms with van der Waals surface area (Å²) in [6.07, 6.45) is 0.830. The van der Waals surface area contributed by atoms with E-state index in [0.717, 1.165) is 13.2 Å². The molecular weight excluding hydrogens is 164 g/mol. The van der Waals surface area contributed by atoms with Gasteiger partial charge in [0.15, 0.2) is 0 Å². The van der Waals surface area contributed by atoms with Crippen LogP contribution in [0.1, 0.15) is 6.92 Å². The monoisotopic (exact) mass is 172 g/mol. The summed E-state index contributed by atoms with van der Waals surface area (Å²) in [5.41, 5.74) is -0.158. The number of Topliss-reactive ketones (excluding diaryl/α,β-unsaturated/α-hetero) is 1. The summed E-state index contributed by atoms with van der Waals surface area (Å²) in [7, 11) is 1.14. The van der Waals surface area contributed by atoms with Gasteiger partial charge < -0.3 is 9.84 Å². The van der Waals surface area contributed by atoms with Crippen LogP contribution in [0.5, 0.6) is 0 Å². The van der Waals surface area contributed by atoms with Gasteiger partial charge in [-0.15, -0.1) is 0 Å². The summed E-state index contributed by atoms with van der Waals surface area (Å²) in [5.74, 6) is -3.45. The Hall–Kier alpha value is -1.65. The van der Waals surface area contributed by atoms with Gasteiger partial charge in [0.1, 0.15) is 0 Å². The molecule has 0 spiro atoms. The number of methoxy groups -OCH3 is 1. The van der Waals surface area contributed by atoms with Crippen molar-refractivity contribution in [2.75, 3.05) is 7.11 Å². The number of hydrogen-bond donors (Lipinski definition) is 1. The average Bonchev–Trinajstić information content (AvgIpc) is 2.02. The number of ketones is 1. The van der Waals surface area contributed by atoms with Gasteiger partial charge in [0.25, 0.3) is 5.78 Å². The molecule has 0 saturated carbocycles. The Balaban J connectivity index is 4.48. The van der Waals surface area contributed by atoms with Gasteiger partial charge in [-0.05, 0) is 6.92 Å². The fourth-order valence-electron chi connectivity index (χ4n) is 0.470. The molecule has 0 atom stereocenters. The number of carbonyl (C=O) groups excluding carboxylic acids is 2. The third kappa shape index (κ3) is 2.96. The molecule has 5 heteroatoms. The minimum absolute atomic E-state index is 0.158. The van der Waals surface area contributed by atoms with Crippen LogP contribution >= 0.6 is 0 Å². The molecule has 0 aliphatic rings. The zero-order chi connectivity index (χ0) is 9.72. The predicted molar refractivity (Wildman–Crippen MR) is 38.4 cm³/mol.